The number of hydrogen-bond donors (Lipinski definition) is 2. The van der Waals surface area contributed by atoms with Crippen molar-refractivity contribution in [3.05, 3.63) is 70.4 Å². The van der Waals surface area contributed by atoms with Crippen LogP contribution in [0.25, 0.3) is 10.9 Å². The number of amides is 1. The minimum absolute atomic E-state index is 0.109. The maximum absolute atomic E-state index is 12.1. The number of benzene rings is 1. The first-order valence-electron chi connectivity index (χ1n) is 6.36. The predicted molar refractivity (Wildman–Crippen MR) is 77.7 cm³/mol. The lowest BCUT2D eigenvalue weighted by atomic mass is 10.2. The van der Waals surface area contributed by atoms with Crippen molar-refractivity contribution in [3.63, 3.8) is 0 Å². The molecule has 0 aliphatic rings. The fraction of sp³-hybridized carbons (Fsp3) is 0.0667. The Balaban J connectivity index is 2.11. The van der Waals surface area contributed by atoms with Crippen LogP contribution in [-0.4, -0.2) is 10.5 Å². The average Bonchev–Trinajstić information content (AvgIpc) is 2.97. The van der Waals surface area contributed by atoms with E-state index in [-0.39, 0.29) is 17.9 Å². The zero-order chi connectivity index (χ0) is 14.8. The summed E-state index contributed by atoms with van der Waals surface area (Å²) in [5, 5.41) is 0.949. The van der Waals surface area contributed by atoms with Crippen LogP contribution in [0.4, 0.5) is 0 Å². The molecule has 0 fully saturated rings. The van der Waals surface area contributed by atoms with Crippen LogP contribution in [0.2, 0.25) is 0 Å². The number of carbonyl (C=O) groups excluding carboxylic acids is 1. The normalized spacial score (nSPS) is 10.7. The van der Waals surface area contributed by atoms with E-state index in [0.29, 0.717) is 5.56 Å². The lowest BCUT2D eigenvalue weighted by Gasteiger charge is -2.09. The van der Waals surface area contributed by atoms with E-state index in [1.54, 1.807) is 16.7 Å². The third kappa shape index (κ3) is 2.32. The molecule has 6 heteroatoms. The van der Waals surface area contributed by atoms with Crippen LogP contribution in [-0.2, 0) is 6.54 Å². The van der Waals surface area contributed by atoms with Gasteiger partial charge < -0.3 is 8.98 Å². The Morgan fingerprint density at radius 3 is 2.81 bits per heavy atom. The fourth-order valence-corrected chi connectivity index (χ4v) is 2.30. The number of pyridine rings is 1. The second-order valence-electron chi connectivity index (χ2n) is 4.56. The predicted octanol–water partition coefficient (Wildman–Crippen LogP) is 1.25. The van der Waals surface area contributed by atoms with Crippen LogP contribution in [0.1, 0.15) is 16.1 Å². The van der Waals surface area contributed by atoms with Crippen molar-refractivity contribution in [2.75, 3.05) is 0 Å². The van der Waals surface area contributed by atoms with E-state index in [1.807, 2.05) is 29.7 Å². The molecule has 1 aromatic carbocycles. The fourth-order valence-electron chi connectivity index (χ4n) is 2.30. The number of hydrazine groups is 1. The minimum atomic E-state index is -0.525. The number of aromatic nitrogens is 1. The van der Waals surface area contributed by atoms with Gasteiger partial charge in [0.05, 0.1) is 18.3 Å². The summed E-state index contributed by atoms with van der Waals surface area (Å²) in [5.41, 5.74) is 3.27. The Labute approximate surface area is 119 Å². The number of rotatable bonds is 3. The van der Waals surface area contributed by atoms with Gasteiger partial charge in [-0.1, -0.05) is 18.2 Å². The molecule has 106 valence electrons. The second-order valence-corrected chi connectivity index (χ2v) is 4.56. The summed E-state index contributed by atoms with van der Waals surface area (Å²) >= 11 is 0. The Hall–Kier alpha value is -2.86. The maximum Gasteiger partial charge on any atom is 0.301 e. The Kier molecular flexibility index (Phi) is 3.29. The SMILES string of the molecule is NNC(=O)c1occc1Cn1c(=O)ccc2ccccc21. The lowest BCUT2D eigenvalue weighted by molar-refractivity contribution is 0.0924. The third-order valence-electron chi connectivity index (χ3n) is 3.31. The van der Waals surface area contributed by atoms with Crippen LogP contribution in [0.3, 0.4) is 0 Å². The number of fused-ring (bicyclic) bond motifs is 1. The number of carbonyl (C=O) groups is 1. The number of nitrogens with one attached hydrogen (secondary N) is 1. The molecule has 3 aromatic rings. The van der Waals surface area contributed by atoms with Gasteiger partial charge in [0.1, 0.15) is 0 Å². The number of nitrogens with two attached hydrogens (primary N) is 1. The summed E-state index contributed by atoms with van der Waals surface area (Å²) in [5.74, 6) is 4.70. The van der Waals surface area contributed by atoms with Crippen molar-refractivity contribution < 1.29 is 9.21 Å². The standard InChI is InChI=1S/C15H13N3O3/c16-17-15(20)14-11(7-8-21-14)9-18-12-4-2-1-3-10(12)5-6-13(18)19/h1-8H,9,16H2,(H,17,20). The van der Waals surface area contributed by atoms with Gasteiger partial charge in [-0.05, 0) is 23.6 Å². The molecule has 0 bridgehead atoms. The van der Waals surface area contributed by atoms with Gasteiger partial charge in [-0.25, -0.2) is 5.84 Å². The van der Waals surface area contributed by atoms with Crippen molar-refractivity contribution in [2.45, 2.75) is 6.54 Å². The van der Waals surface area contributed by atoms with Gasteiger partial charge in [-0.2, -0.15) is 0 Å². The number of hydrogen-bond acceptors (Lipinski definition) is 4. The summed E-state index contributed by atoms with van der Waals surface area (Å²) in [6.45, 7) is 0.236. The maximum atomic E-state index is 12.1. The monoisotopic (exact) mass is 283 g/mol. The van der Waals surface area contributed by atoms with Gasteiger partial charge in [0.15, 0.2) is 5.76 Å². The molecule has 0 saturated carbocycles. The molecule has 3 rings (SSSR count). The number of nitrogen functional groups attached to an aromatic ring is 1. The Morgan fingerprint density at radius 2 is 2.00 bits per heavy atom. The molecular formula is C15H13N3O3. The highest BCUT2D eigenvalue weighted by Crippen LogP contribution is 2.16. The summed E-state index contributed by atoms with van der Waals surface area (Å²) in [4.78, 5) is 23.7. The highest BCUT2D eigenvalue weighted by Gasteiger charge is 2.15. The quantitative estimate of drug-likeness (QED) is 0.430. The zero-order valence-electron chi connectivity index (χ0n) is 11.1. The smallest absolute Gasteiger partial charge is 0.301 e. The number of furan rings is 1. The molecule has 0 atom stereocenters. The van der Waals surface area contributed by atoms with Crippen molar-refractivity contribution in [1.82, 2.24) is 9.99 Å². The van der Waals surface area contributed by atoms with Crippen LogP contribution >= 0.6 is 0 Å². The topological polar surface area (TPSA) is 90.3 Å². The van der Waals surface area contributed by atoms with E-state index >= 15 is 0 Å². The van der Waals surface area contributed by atoms with Crippen LogP contribution in [0.5, 0.6) is 0 Å². The van der Waals surface area contributed by atoms with E-state index in [4.69, 9.17) is 10.3 Å². The summed E-state index contributed by atoms with van der Waals surface area (Å²) in [7, 11) is 0. The molecule has 0 aliphatic heterocycles. The molecule has 6 nitrogen and oxygen atoms in total. The Morgan fingerprint density at radius 1 is 1.19 bits per heavy atom. The van der Waals surface area contributed by atoms with Crippen molar-refractivity contribution >= 4 is 16.8 Å². The first-order chi connectivity index (χ1) is 10.2. The van der Waals surface area contributed by atoms with Crippen LogP contribution in [0, 0.1) is 0 Å². The molecule has 2 aromatic heterocycles. The summed E-state index contributed by atoms with van der Waals surface area (Å²) in [6.07, 6.45) is 1.40. The van der Waals surface area contributed by atoms with Gasteiger partial charge in [-0.15, -0.1) is 0 Å². The van der Waals surface area contributed by atoms with E-state index in [9.17, 15) is 9.59 Å². The van der Waals surface area contributed by atoms with Crippen molar-refractivity contribution in [1.29, 1.82) is 0 Å². The minimum Gasteiger partial charge on any atom is -0.459 e. The molecule has 0 unspecified atom stereocenters. The van der Waals surface area contributed by atoms with Crippen LogP contribution in [0.15, 0.2) is 57.9 Å². The zero-order valence-corrected chi connectivity index (χ0v) is 11.1. The molecule has 0 radical (unpaired) electrons. The van der Waals surface area contributed by atoms with Crippen molar-refractivity contribution in [2.24, 2.45) is 5.84 Å². The molecule has 0 spiro atoms. The third-order valence-corrected chi connectivity index (χ3v) is 3.31. The molecule has 3 N–H and O–H groups in total. The van der Waals surface area contributed by atoms with E-state index in [2.05, 4.69) is 0 Å². The van der Waals surface area contributed by atoms with Gasteiger partial charge in [-0.3, -0.25) is 15.0 Å². The van der Waals surface area contributed by atoms with Gasteiger partial charge in [0, 0.05) is 11.6 Å². The number of nitrogens with zero attached hydrogens (tertiary/aromatic N) is 1. The van der Waals surface area contributed by atoms with E-state index in [1.165, 1.54) is 12.3 Å². The second kappa shape index (κ2) is 5.26. The summed E-state index contributed by atoms with van der Waals surface area (Å²) in [6, 6.07) is 12.5. The van der Waals surface area contributed by atoms with E-state index < -0.39 is 5.91 Å². The first kappa shape index (κ1) is 13.1. The van der Waals surface area contributed by atoms with Crippen LogP contribution < -0.4 is 16.8 Å². The van der Waals surface area contributed by atoms with E-state index in [0.717, 1.165) is 10.9 Å². The average molecular weight is 283 g/mol. The van der Waals surface area contributed by atoms with Crippen molar-refractivity contribution in [3.8, 4) is 0 Å². The highest BCUT2D eigenvalue weighted by molar-refractivity contribution is 5.92. The van der Waals surface area contributed by atoms with Gasteiger partial charge in [0.2, 0.25) is 0 Å². The molecule has 1 amide bonds. The largest absolute Gasteiger partial charge is 0.459 e. The van der Waals surface area contributed by atoms with Gasteiger partial charge in [0.25, 0.3) is 5.56 Å². The van der Waals surface area contributed by atoms with Gasteiger partial charge >= 0.3 is 5.91 Å². The molecule has 0 saturated heterocycles. The molecule has 21 heavy (non-hydrogen) atoms. The number of para-hydroxylation sites is 1. The lowest BCUT2D eigenvalue weighted by Crippen LogP contribution is -2.31. The Bertz CT molecular complexity index is 864. The molecule has 2 heterocycles. The molecule has 0 aliphatic carbocycles. The first-order valence-corrected chi connectivity index (χ1v) is 6.36. The molecular weight excluding hydrogens is 270 g/mol. The highest BCUT2D eigenvalue weighted by atomic mass is 16.3. The summed E-state index contributed by atoms with van der Waals surface area (Å²) < 4.78 is 6.72.